The van der Waals surface area contributed by atoms with Gasteiger partial charge in [0.25, 0.3) is 0 Å². The van der Waals surface area contributed by atoms with Crippen LogP contribution in [-0.4, -0.2) is 23.8 Å². The zero-order chi connectivity index (χ0) is 15.8. The Morgan fingerprint density at radius 2 is 1.82 bits per heavy atom. The molecule has 2 aromatic carbocycles. The average molecular weight is 295 g/mol. The lowest BCUT2D eigenvalue weighted by atomic mass is 10.1. The second-order valence-corrected chi connectivity index (χ2v) is 4.83. The van der Waals surface area contributed by atoms with Gasteiger partial charge in [-0.2, -0.15) is 5.26 Å². The van der Waals surface area contributed by atoms with Gasteiger partial charge in [-0.25, -0.2) is 4.79 Å². The molecule has 5 nitrogen and oxygen atoms in total. The number of aliphatic hydroxyl groups is 1. The Balaban J connectivity index is 1.96. The number of nitrogens with zero attached hydrogens (tertiary/aromatic N) is 1. The number of hydrogen-bond acceptors (Lipinski definition) is 3. The molecule has 0 fully saturated rings. The molecular formula is C17H17N3O2. The molecule has 0 aliphatic heterocycles. The van der Waals surface area contributed by atoms with Crippen molar-refractivity contribution in [2.45, 2.75) is 12.5 Å². The Labute approximate surface area is 129 Å². The molecule has 0 saturated carbocycles. The van der Waals surface area contributed by atoms with E-state index in [0.29, 0.717) is 17.7 Å². The fraction of sp³-hybridized carbons (Fsp3) is 0.176. The van der Waals surface area contributed by atoms with Gasteiger partial charge in [-0.3, -0.25) is 0 Å². The minimum Gasteiger partial charge on any atom is -0.394 e. The highest BCUT2D eigenvalue weighted by Gasteiger charge is 2.13. The van der Waals surface area contributed by atoms with Gasteiger partial charge >= 0.3 is 6.03 Å². The SMILES string of the molecule is N#Cc1ccccc1NC(=O)NC(CO)Cc1ccccc1. The first-order valence-corrected chi connectivity index (χ1v) is 6.94. The van der Waals surface area contributed by atoms with Crippen LogP contribution in [0.2, 0.25) is 0 Å². The maximum Gasteiger partial charge on any atom is 0.319 e. The molecule has 2 amide bonds. The normalized spacial score (nSPS) is 11.3. The molecule has 0 bridgehead atoms. The summed E-state index contributed by atoms with van der Waals surface area (Å²) in [7, 11) is 0. The van der Waals surface area contributed by atoms with Crippen LogP contribution < -0.4 is 10.6 Å². The molecule has 0 heterocycles. The standard InChI is InChI=1S/C17H17N3O2/c18-11-14-8-4-5-9-16(14)20-17(22)19-15(12-21)10-13-6-2-1-3-7-13/h1-9,15,21H,10,12H2,(H2,19,20,22). The van der Waals surface area contributed by atoms with Gasteiger partial charge in [0, 0.05) is 0 Å². The first-order valence-electron chi connectivity index (χ1n) is 6.94. The number of rotatable bonds is 5. The third-order valence-electron chi connectivity index (χ3n) is 3.18. The number of amides is 2. The average Bonchev–Trinajstić information content (AvgIpc) is 2.55. The Bertz CT molecular complexity index is 665. The molecule has 2 aromatic rings. The topological polar surface area (TPSA) is 85.2 Å². The summed E-state index contributed by atoms with van der Waals surface area (Å²) in [6.45, 7) is -0.164. The summed E-state index contributed by atoms with van der Waals surface area (Å²) in [4.78, 5) is 12.0. The molecule has 0 saturated heterocycles. The minimum absolute atomic E-state index is 0.164. The number of hydrogen-bond donors (Lipinski definition) is 3. The summed E-state index contributed by atoms with van der Waals surface area (Å²) >= 11 is 0. The van der Waals surface area contributed by atoms with Gasteiger partial charge in [-0.05, 0) is 24.1 Å². The smallest absolute Gasteiger partial charge is 0.319 e. The van der Waals surface area contributed by atoms with Crippen molar-refractivity contribution in [3.05, 3.63) is 65.7 Å². The van der Waals surface area contributed by atoms with Crippen LogP contribution in [0.25, 0.3) is 0 Å². The van der Waals surface area contributed by atoms with Crippen LogP contribution in [0.1, 0.15) is 11.1 Å². The Kier molecular flexibility index (Phi) is 5.52. The van der Waals surface area contributed by atoms with Crippen LogP contribution in [-0.2, 0) is 6.42 Å². The van der Waals surface area contributed by atoms with Gasteiger partial charge in [0.2, 0.25) is 0 Å². The lowest BCUT2D eigenvalue weighted by molar-refractivity contribution is 0.224. The molecule has 0 radical (unpaired) electrons. The fourth-order valence-electron chi connectivity index (χ4n) is 2.09. The van der Waals surface area contributed by atoms with Crippen molar-refractivity contribution in [3.8, 4) is 6.07 Å². The molecular weight excluding hydrogens is 278 g/mol. The maximum atomic E-state index is 12.0. The fourth-order valence-corrected chi connectivity index (χ4v) is 2.09. The van der Waals surface area contributed by atoms with Crippen LogP contribution in [0.4, 0.5) is 10.5 Å². The monoisotopic (exact) mass is 295 g/mol. The highest BCUT2D eigenvalue weighted by molar-refractivity contribution is 5.90. The molecule has 3 N–H and O–H groups in total. The van der Waals surface area contributed by atoms with Gasteiger partial charge < -0.3 is 15.7 Å². The number of nitrogens with one attached hydrogen (secondary N) is 2. The summed E-state index contributed by atoms with van der Waals surface area (Å²) < 4.78 is 0. The van der Waals surface area contributed by atoms with Crippen LogP contribution in [0.5, 0.6) is 0 Å². The lowest BCUT2D eigenvalue weighted by Gasteiger charge is -2.17. The van der Waals surface area contributed by atoms with Crippen molar-refractivity contribution in [1.29, 1.82) is 5.26 Å². The second-order valence-electron chi connectivity index (χ2n) is 4.83. The van der Waals surface area contributed by atoms with Crippen LogP contribution >= 0.6 is 0 Å². The van der Waals surface area contributed by atoms with Crippen molar-refractivity contribution in [3.63, 3.8) is 0 Å². The Hall–Kier alpha value is -2.84. The second kappa shape index (κ2) is 7.81. The highest BCUT2D eigenvalue weighted by Crippen LogP contribution is 2.13. The molecule has 5 heteroatoms. The van der Waals surface area contributed by atoms with Crippen molar-refractivity contribution in [2.24, 2.45) is 0 Å². The van der Waals surface area contributed by atoms with Crippen molar-refractivity contribution in [2.75, 3.05) is 11.9 Å². The summed E-state index contributed by atoms with van der Waals surface area (Å²) in [6, 6.07) is 17.5. The lowest BCUT2D eigenvalue weighted by Crippen LogP contribution is -2.41. The number of para-hydroxylation sites is 1. The minimum atomic E-state index is -0.447. The van der Waals surface area contributed by atoms with Gasteiger partial charge in [0.05, 0.1) is 23.9 Å². The number of benzene rings is 2. The van der Waals surface area contributed by atoms with E-state index in [-0.39, 0.29) is 6.61 Å². The molecule has 0 aromatic heterocycles. The number of nitriles is 1. The van der Waals surface area contributed by atoms with Crippen molar-refractivity contribution in [1.82, 2.24) is 5.32 Å². The summed E-state index contributed by atoms with van der Waals surface area (Å²) in [5.74, 6) is 0. The van der Waals surface area contributed by atoms with Gasteiger partial charge in [0.15, 0.2) is 0 Å². The Morgan fingerprint density at radius 3 is 2.50 bits per heavy atom. The molecule has 112 valence electrons. The van der Waals surface area contributed by atoms with E-state index in [2.05, 4.69) is 10.6 Å². The van der Waals surface area contributed by atoms with E-state index in [1.807, 2.05) is 36.4 Å². The first-order chi connectivity index (χ1) is 10.7. The molecule has 0 aliphatic carbocycles. The van der Waals surface area contributed by atoms with E-state index < -0.39 is 12.1 Å². The van der Waals surface area contributed by atoms with Crippen molar-refractivity contribution < 1.29 is 9.90 Å². The van der Waals surface area contributed by atoms with Crippen LogP contribution in [0, 0.1) is 11.3 Å². The van der Waals surface area contributed by atoms with Gasteiger partial charge in [-0.15, -0.1) is 0 Å². The van der Waals surface area contributed by atoms with Gasteiger partial charge in [0.1, 0.15) is 6.07 Å². The maximum absolute atomic E-state index is 12.0. The van der Waals surface area contributed by atoms with Gasteiger partial charge in [-0.1, -0.05) is 42.5 Å². The predicted molar refractivity (Wildman–Crippen MR) is 84.3 cm³/mol. The number of anilines is 1. The van der Waals surface area contributed by atoms with Crippen LogP contribution in [0.3, 0.4) is 0 Å². The zero-order valence-electron chi connectivity index (χ0n) is 12.0. The van der Waals surface area contributed by atoms with E-state index in [0.717, 1.165) is 5.56 Å². The zero-order valence-corrected chi connectivity index (χ0v) is 12.0. The van der Waals surface area contributed by atoms with Crippen molar-refractivity contribution >= 4 is 11.7 Å². The summed E-state index contributed by atoms with van der Waals surface area (Å²) in [6.07, 6.45) is 0.532. The van der Waals surface area contributed by atoms with E-state index in [1.165, 1.54) is 0 Å². The number of carbonyl (C=O) groups is 1. The quantitative estimate of drug-likeness (QED) is 0.791. The number of urea groups is 1. The number of carbonyl (C=O) groups excluding carboxylic acids is 1. The molecule has 0 spiro atoms. The predicted octanol–water partition coefficient (Wildman–Crippen LogP) is 2.28. The van der Waals surface area contributed by atoms with E-state index in [1.54, 1.807) is 24.3 Å². The van der Waals surface area contributed by atoms with Crippen LogP contribution in [0.15, 0.2) is 54.6 Å². The largest absolute Gasteiger partial charge is 0.394 e. The third kappa shape index (κ3) is 4.33. The van der Waals surface area contributed by atoms with E-state index in [4.69, 9.17) is 5.26 Å². The highest BCUT2D eigenvalue weighted by atomic mass is 16.3. The molecule has 1 unspecified atom stereocenters. The first kappa shape index (κ1) is 15.5. The molecule has 22 heavy (non-hydrogen) atoms. The molecule has 1 atom stereocenters. The summed E-state index contributed by atoms with van der Waals surface area (Å²) in [5, 5.41) is 23.7. The third-order valence-corrected chi connectivity index (χ3v) is 3.18. The van der Waals surface area contributed by atoms with E-state index >= 15 is 0 Å². The summed E-state index contributed by atoms with van der Waals surface area (Å²) in [5.41, 5.74) is 1.86. The van der Waals surface area contributed by atoms with E-state index in [9.17, 15) is 9.90 Å². The molecule has 2 rings (SSSR count). The number of aliphatic hydroxyl groups excluding tert-OH is 1. The molecule has 0 aliphatic rings. The Morgan fingerprint density at radius 1 is 1.14 bits per heavy atom.